The summed E-state index contributed by atoms with van der Waals surface area (Å²) in [6.07, 6.45) is 4.40. The molecule has 5 nitrogen and oxygen atoms in total. The predicted octanol–water partition coefficient (Wildman–Crippen LogP) is 4.59. The molecule has 0 spiro atoms. The molecular weight excluding hydrogens is 440 g/mol. The monoisotopic (exact) mass is 486 g/mol. The van der Waals surface area contributed by atoms with Crippen LogP contribution in [0, 0.1) is 39.4 Å². The minimum atomic E-state index is -1.04. The van der Waals surface area contributed by atoms with Crippen LogP contribution in [0.15, 0.2) is 23.8 Å². The second-order valence-corrected chi connectivity index (χ2v) is 14.3. The van der Waals surface area contributed by atoms with Crippen LogP contribution in [0.5, 0.6) is 0 Å². The molecule has 35 heavy (non-hydrogen) atoms. The van der Waals surface area contributed by atoms with Crippen molar-refractivity contribution in [2.24, 2.45) is 39.4 Å². The Bertz CT molecular complexity index is 979. The van der Waals surface area contributed by atoms with Gasteiger partial charge in [0.2, 0.25) is 0 Å². The summed E-state index contributed by atoms with van der Waals surface area (Å²) in [5.74, 6) is 0.439. The van der Waals surface area contributed by atoms with Crippen molar-refractivity contribution in [2.75, 3.05) is 0 Å². The van der Waals surface area contributed by atoms with E-state index in [-0.39, 0.29) is 40.8 Å². The fourth-order valence-electron chi connectivity index (χ4n) is 9.99. The van der Waals surface area contributed by atoms with E-state index < -0.39 is 28.6 Å². The van der Waals surface area contributed by atoms with Crippen molar-refractivity contribution in [3.8, 4) is 0 Å². The Labute approximate surface area is 211 Å². The normalized spacial score (nSPS) is 53.5. The van der Waals surface area contributed by atoms with Crippen molar-refractivity contribution in [3.05, 3.63) is 23.8 Å². The van der Waals surface area contributed by atoms with Crippen LogP contribution in [0.1, 0.15) is 87.0 Å². The van der Waals surface area contributed by atoms with Crippen LogP contribution in [0.4, 0.5) is 0 Å². The van der Waals surface area contributed by atoms with Crippen LogP contribution in [0.2, 0.25) is 0 Å². The third kappa shape index (κ3) is 3.11. The largest absolute Gasteiger partial charge is 0.392 e. The molecule has 0 unspecified atom stereocenters. The number of ketones is 1. The number of fused-ring (bicyclic) bond motifs is 7. The fraction of sp³-hybridized carbons (Fsp3) is 0.833. The highest BCUT2D eigenvalue weighted by Crippen LogP contribution is 2.75. The quantitative estimate of drug-likeness (QED) is 0.497. The van der Waals surface area contributed by atoms with Crippen LogP contribution in [0.25, 0.3) is 0 Å². The maximum atomic E-state index is 14.3. The molecule has 0 aromatic heterocycles. The van der Waals surface area contributed by atoms with E-state index in [1.54, 1.807) is 6.92 Å². The number of hydrogen-bond acceptors (Lipinski definition) is 5. The SMILES string of the molecule is C=C(C)[C@H](O)[C@H]1C[C@](C)(O)[C@H]2[C@@H](C[C@@]3(C)[C@@H]4CC=C5[C@@H](CC[C@H](O)C5(C)C)[C@]4(C)C(=O)C[C@]23C)O1. The third-order valence-corrected chi connectivity index (χ3v) is 12.1. The van der Waals surface area contributed by atoms with Gasteiger partial charge in [0.1, 0.15) is 11.9 Å². The first-order valence-corrected chi connectivity index (χ1v) is 13.6. The van der Waals surface area contributed by atoms with E-state index in [0.29, 0.717) is 24.2 Å². The molecule has 4 fully saturated rings. The molecule has 11 atom stereocenters. The van der Waals surface area contributed by atoms with E-state index in [1.165, 1.54) is 5.57 Å². The van der Waals surface area contributed by atoms with Gasteiger partial charge in [0.15, 0.2) is 0 Å². The van der Waals surface area contributed by atoms with Gasteiger partial charge in [-0.25, -0.2) is 0 Å². The molecule has 0 radical (unpaired) electrons. The summed E-state index contributed by atoms with van der Waals surface area (Å²) in [6.45, 7) is 18.6. The standard InChI is InChI=1S/C30H46O5/c1-16(2)24(33)19-14-29(7,34)25-20(35-19)13-27(5)21-11-9-17-18(10-12-22(31)26(17,3)4)30(21,8)23(32)15-28(25,27)6/h9,18-22,24-25,31,33-34H,1,10-15H2,2-8H3/t18-,19-,20-,21+,22+,24+,25+,27+,28-,29+,30+/m1/s1. The van der Waals surface area contributed by atoms with Crippen LogP contribution < -0.4 is 0 Å². The van der Waals surface area contributed by atoms with E-state index >= 15 is 0 Å². The summed E-state index contributed by atoms with van der Waals surface area (Å²) in [5.41, 5.74) is -0.522. The van der Waals surface area contributed by atoms with Gasteiger partial charge < -0.3 is 20.1 Å². The van der Waals surface area contributed by atoms with Crippen molar-refractivity contribution in [2.45, 2.75) is 117 Å². The second-order valence-electron chi connectivity index (χ2n) is 14.3. The van der Waals surface area contributed by atoms with Crippen molar-refractivity contribution in [1.82, 2.24) is 0 Å². The van der Waals surface area contributed by atoms with Crippen molar-refractivity contribution in [3.63, 3.8) is 0 Å². The van der Waals surface area contributed by atoms with Crippen LogP contribution >= 0.6 is 0 Å². The Morgan fingerprint density at radius 3 is 2.40 bits per heavy atom. The summed E-state index contributed by atoms with van der Waals surface area (Å²) in [5, 5.41) is 33.3. The molecule has 3 N–H and O–H groups in total. The summed E-state index contributed by atoms with van der Waals surface area (Å²) < 4.78 is 6.56. The maximum Gasteiger partial charge on any atom is 0.140 e. The lowest BCUT2D eigenvalue weighted by Crippen LogP contribution is -2.65. The number of Topliss-reactive ketones (excluding diaryl/α,β-unsaturated/α-hetero) is 1. The molecule has 196 valence electrons. The van der Waals surface area contributed by atoms with Gasteiger partial charge in [0, 0.05) is 29.6 Å². The highest BCUT2D eigenvalue weighted by molar-refractivity contribution is 5.88. The van der Waals surface area contributed by atoms with Gasteiger partial charge >= 0.3 is 0 Å². The van der Waals surface area contributed by atoms with Crippen LogP contribution in [0.3, 0.4) is 0 Å². The van der Waals surface area contributed by atoms with Crippen molar-refractivity contribution in [1.29, 1.82) is 0 Å². The van der Waals surface area contributed by atoms with Gasteiger partial charge in [-0.2, -0.15) is 0 Å². The Balaban J connectivity index is 1.58. The molecule has 0 aromatic carbocycles. The average molecular weight is 487 g/mol. The van der Waals surface area contributed by atoms with Crippen molar-refractivity contribution < 1.29 is 24.9 Å². The zero-order valence-electron chi connectivity index (χ0n) is 22.7. The van der Waals surface area contributed by atoms with Crippen LogP contribution in [-0.4, -0.2) is 51.1 Å². The molecule has 4 aliphatic carbocycles. The minimum absolute atomic E-state index is 0.149. The van der Waals surface area contributed by atoms with E-state index in [4.69, 9.17) is 4.74 Å². The number of carbonyl (C=O) groups excluding carboxylic acids is 1. The van der Waals surface area contributed by atoms with Crippen molar-refractivity contribution >= 4 is 5.78 Å². The summed E-state index contributed by atoms with van der Waals surface area (Å²) in [4.78, 5) is 14.3. The molecule has 0 bridgehead atoms. The summed E-state index contributed by atoms with van der Waals surface area (Å²) in [6, 6.07) is 0. The van der Waals surface area contributed by atoms with Crippen LogP contribution in [-0.2, 0) is 9.53 Å². The third-order valence-electron chi connectivity index (χ3n) is 12.1. The topological polar surface area (TPSA) is 87.0 Å². The number of ether oxygens (including phenoxy) is 1. The Morgan fingerprint density at radius 1 is 1.11 bits per heavy atom. The smallest absolute Gasteiger partial charge is 0.140 e. The average Bonchev–Trinajstić information content (AvgIpc) is 2.97. The molecular formula is C30H46O5. The van der Waals surface area contributed by atoms with Gasteiger partial charge in [-0.05, 0) is 67.8 Å². The molecule has 1 heterocycles. The lowest BCUT2D eigenvalue weighted by Gasteiger charge is -2.65. The molecule has 1 aliphatic heterocycles. The predicted molar refractivity (Wildman–Crippen MR) is 135 cm³/mol. The van der Waals surface area contributed by atoms with Gasteiger partial charge in [-0.15, -0.1) is 0 Å². The lowest BCUT2D eigenvalue weighted by molar-refractivity contribution is -0.217. The minimum Gasteiger partial charge on any atom is -0.392 e. The second kappa shape index (κ2) is 7.52. The van der Waals surface area contributed by atoms with Gasteiger partial charge in [0.25, 0.3) is 0 Å². The molecule has 1 saturated heterocycles. The van der Waals surface area contributed by atoms with E-state index in [1.807, 2.05) is 6.92 Å². The molecule has 0 aromatic rings. The zero-order valence-corrected chi connectivity index (χ0v) is 22.7. The summed E-state index contributed by atoms with van der Waals surface area (Å²) >= 11 is 0. The first-order chi connectivity index (χ1) is 16.0. The van der Waals surface area contributed by atoms with E-state index in [2.05, 4.69) is 47.3 Å². The number of hydrogen-bond donors (Lipinski definition) is 3. The number of aliphatic hydroxyl groups is 3. The highest BCUT2D eigenvalue weighted by Gasteiger charge is 2.75. The Hall–Kier alpha value is -1.01. The highest BCUT2D eigenvalue weighted by atomic mass is 16.5. The first-order valence-electron chi connectivity index (χ1n) is 13.6. The van der Waals surface area contributed by atoms with E-state index in [0.717, 1.165) is 25.7 Å². The van der Waals surface area contributed by atoms with E-state index in [9.17, 15) is 20.1 Å². The number of carbonyl (C=O) groups is 1. The van der Waals surface area contributed by atoms with Gasteiger partial charge in [-0.1, -0.05) is 52.8 Å². The molecule has 5 rings (SSSR count). The maximum absolute atomic E-state index is 14.3. The van der Waals surface area contributed by atoms with Gasteiger partial charge in [-0.3, -0.25) is 4.79 Å². The summed E-state index contributed by atoms with van der Waals surface area (Å²) in [7, 11) is 0. The lowest BCUT2D eigenvalue weighted by atomic mass is 9.38. The Morgan fingerprint density at radius 2 is 1.77 bits per heavy atom. The molecule has 5 aliphatic rings. The molecule has 5 heteroatoms. The number of aliphatic hydroxyl groups excluding tert-OH is 2. The zero-order chi connectivity index (χ0) is 25.9. The fourth-order valence-corrected chi connectivity index (χ4v) is 9.99. The molecule has 3 saturated carbocycles. The number of rotatable bonds is 2. The molecule has 0 amide bonds. The first kappa shape index (κ1) is 25.6. The Kier molecular flexibility index (Phi) is 5.51. The number of allylic oxidation sites excluding steroid dienone is 1. The van der Waals surface area contributed by atoms with Gasteiger partial charge in [0.05, 0.1) is 23.9 Å².